The second-order valence-electron chi connectivity index (χ2n) is 7.04. The zero-order chi connectivity index (χ0) is 16.4. The van der Waals surface area contributed by atoms with Crippen molar-refractivity contribution in [3.8, 4) is 11.8 Å². The van der Waals surface area contributed by atoms with Gasteiger partial charge in [0.05, 0.1) is 31.0 Å². The van der Waals surface area contributed by atoms with Gasteiger partial charge in [-0.1, -0.05) is 6.07 Å². The quantitative estimate of drug-likeness (QED) is 0.840. The van der Waals surface area contributed by atoms with Crippen LogP contribution in [0.25, 0.3) is 0 Å². The Balaban J connectivity index is 1.33. The molecule has 1 aromatic rings. The first-order valence-corrected chi connectivity index (χ1v) is 10.1. The van der Waals surface area contributed by atoms with Gasteiger partial charge in [-0.3, -0.25) is 4.90 Å². The van der Waals surface area contributed by atoms with Crippen molar-refractivity contribution in [2.45, 2.75) is 25.0 Å². The molecule has 0 aromatic heterocycles. The Morgan fingerprint density at radius 2 is 2.17 bits per heavy atom. The van der Waals surface area contributed by atoms with Gasteiger partial charge in [-0.25, -0.2) is 0 Å². The summed E-state index contributed by atoms with van der Waals surface area (Å²) in [4.78, 5) is 2.66. The van der Waals surface area contributed by atoms with Crippen LogP contribution in [0.5, 0.6) is 5.75 Å². The molecule has 3 saturated heterocycles. The lowest BCUT2D eigenvalue weighted by Gasteiger charge is -2.31. The molecule has 24 heavy (non-hydrogen) atoms. The normalized spacial score (nSPS) is 30.9. The van der Waals surface area contributed by atoms with Crippen molar-refractivity contribution < 1.29 is 9.47 Å². The monoisotopic (exact) mass is 344 g/mol. The van der Waals surface area contributed by atoms with Crippen molar-refractivity contribution in [1.82, 2.24) is 4.90 Å². The molecule has 0 saturated carbocycles. The van der Waals surface area contributed by atoms with Crippen molar-refractivity contribution in [3.63, 3.8) is 0 Å². The number of fused-ring (bicyclic) bond motifs is 1. The van der Waals surface area contributed by atoms with Crippen molar-refractivity contribution in [2.75, 3.05) is 37.8 Å². The highest BCUT2D eigenvalue weighted by Gasteiger charge is 2.45. The Labute approximate surface area is 148 Å². The molecule has 0 aliphatic carbocycles. The number of hydrogen-bond acceptors (Lipinski definition) is 5. The topological polar surface area (TPSA) is 45.5 Å². The minimum atomic E-state index is 0.388. The van der Waals surface area contributed by atoms with Gasteiger partial charge in [0.1, 0.15) is 5.75 Å². The number of likely N-dealkylation sites (tertiary alicyclic amines) is 1. The number of rotatable bonds is 4. The third-order valence-electron chi connectivity index (χ3n) is 5.60. The lowest BCUT2D eigenvalue weighted by Crippen LogP contribution is -2.38. The van der Waals surface area contributed by atoms with Crippen LogP contribution in [-0.4, -0.2) is 54.9 Å². The first kappa shape index (κ1) is 16.3. The van der Waals surface area contributed by atoms with E-state index in [2.05, 4.69) is 22.7 Å². The molecule has 3 aliphatic rings. The van der Waals surface area contributed by atoms with Gasteiger partial charge in [0.2, 0.25) is 0 Å². The van der Waals surface area contributed by atoms with E-state index in [0.29, 0.717) is 30.1 Å². The van der Waals surface area contributed by atoms with E-state index < -0.39 is 0 Å². The fraction of sp³-hybridized carbons (Fsp3) is 0.632. The largest absolute Gasteiger partial charge is 0.493 e. The van der Waals surface area contributed by atoms with Crippen LogP contribution >= 0.6 is 11.8 Å². The molecule has 128 valence electrons. The lowest BCUT2D eigenvalue weighted by molar-refractivity contribution is 0.0811. The summed E-state index contributed by atoms with van der Waals surface area (Å²) in [5.41, 5.74) is 0.648. The smallest absolute Gasteiger partial charge is 0.120 e. The molecule has 4 rings (SSSR count). The van der Waals surface area contributed by atoms with E-state index >= 15 is 0 Å². The van der Waals surface area contributed by atoms with E-state index in [-0.39, 0.29) is 0 Å². The molecule has 0 radical (unpaired) electrons. The van der Waals surface area contributed by atoms with Crippen molar-refractivity contribution in [2.24, 2.45) is 11.8 Å². The van der Waals surface area contributed by atoms with Gasteiger partial charge in [-0.15, -0.1) is 0 Å². The molecule has 0 amide bonds. The number of thioether (sulfide) groups is 1. The van der Waals surface area contributed by atoms with E-state index in [1.807, 2.05) is 18.2 Å². The summed E-state index contributed by atoms with van der Waals surface area (Å²) < 4.78 is 12.0. The second kappa shape index (κ2) is 7.35. The number of hydrogen-bond donors (Lipinski definition) is 0. The minimum Gasteiger partial charge on any atom is -0.493 e. The SMILES string of the molecule is N#Cc1cccc(OC[C@@H]2CO[C@H]3CN(C4CCSCC4)C[C@@H]23)c1. The number of benzene rings is 1. The molecular formula is C19H24N2O2S. The van der Waals surface area contributed by atoms with Crippen LogP contribution in [0.2, 0.25) is 0 Å². The summed E-state index contributed by atoms with van der Waals surface area (Å²) in [5.74, 6) is 4.46. The minimum absolute atomic E-state index is 0.388. The maximum Gasteiger partial charge on any atom is 0.120 e. The summed E-state index contributed by atoms with van der Waals surface area (Å²) >= 11 is 2.09. The lowest BCUT2D eigenvalue weighted by atomic mass is 9.94. The summed E-state index contributed by atoms with van der Waals surface area (Å²) in [6.45, 7) is 3.75. The van der Waals surface area contributed by atoms with Gasteiger partial charge < -0.3 is 9.47 Å². The second-order valence-corrected chi connectivity index (χ2v) is 8.27. The first-order chi connectivity index (χ1) is 11.8. The molecule has 0 N–H and O–H groups in total. The van der Waals surface area contributed by atoms with Crippen molar-refractivity contribution in [1.29, 1.82) is 5.26 Å². The average molecular weight is 344 g/mol. The number of ether oxygens (including phenoxy) is 2. The summed E-state index contributed by atoms with van der Waals surface area (Å²) in [6.07, 6.45) is 3.04. The molecular weight excluding hydrogens is 320 g/mol. The molecule has 5 heteroatoms. The Hall–Kier alpha value is -1.22. The predicted octanol–water partition coefficient (Wildman–Crippen LogP) is 2.78. The van der Waals surface area contributed by atoms with Gasteiger partial charge in [0, 0.05) is 31.0 Å². The molecule has 3 aliphatic heterocycles. The fourth-order valence-electron chi connectivity index (χ4n) is 4.21. The van der Waals surface area contributed by atoms with E-state index in [1.165, 1.54) is 24.3 Å². The molecule has 0 bridgehead atoms. The molecule has 0 spiro atoms. The highest BCUT2D eigenvalue weighted by molar-refractivity contribution is 7.99. The van der Waals surface area contributed by atoms with Crippen molar-refractivity contribution >= 4 is 11.8 Å². The molecule has 3 fully saturated rings. The highest BCUT2D eigenvalue weighted by atomic mass is 32.2. The third-order valence-corrected chi connectivity index (χ3v) is 6.65. The summed E-state index contributed by atoms with van der Waals surface area (Å²) in [6, 6.07) is 10.3. The first-order valence-electron chi connectivity index (χ1n) is 8.90. The van der Waals surface area contributed by atoms with E-state index in [0.717, 1.165) is 31.5 Å². The zero-order valence-corrected chi connectivity index (χ0v) is 14.7. The Kier molecular flexibility index (Phi) is 4.98. The van der Waals surface area contributed by atoms with Crippen LogP contribution in [0.15, 0.2) is 24.3 Å². The van der Waals surface area contributed by atoms with Gasteiger partial charge in [0.25, 0.3) is 0 Å². The molecule has 0 unspecified atom stereocenters. The standard InChI is InChI=1S/C19H24N2O2S/c20-9-14-2-1-3-17(8-14)22-12-15-13-23-19-11-21(10-18(15)19)16-4-6-24-7-5-16/h1-3,8,15-16,18-19H,4-7,10-13H2/t15-,18+,19+/m1/s1. The van der Waals surface area contributed by atoms with Crippen LogP contribution in [0.1, 0.15) is 18.4 Å². The molecule has 3 atom stereocenters. The molecule has 4 nitrogen and oxygen atoms in total. The Bertz CT molecular complexity index is 612. The van der Waals surface area contributed by atoms with Gasteiger partial charge in [0.15, 0.2) is 0 Å². The Morgan fingerprint density at radius 1 is 1.29 bits per heavy atom. The van der Waals surface area contributed by atoms with Gasteiger partial charge >= 0.3 is 0 Å². The molecule has 1 aromatic carbocycles. The van der Waals surface area contributed by atoms with Crippen LogP contribution in [0.3, 0.4) is 0 Å². The zero-order valence-electron chi connectivity index (χ0n) is 13.9. The van der Waals surface area contributed by atoms with E-state index in [9.17, 15) is 0 Å². The van der Waals surface area contributed by atoms with Gasteiger partial charge in [-0.05, 0) is 42.5 Å². The fourth-order valence-corrected chi connectivity index (χ4v) is 5.29. The summed E-state index contributed by atoms with van der Waals surface area (Å²) in [7, 11) is 0. The van der Waals surface area contributed by atoms with E-state index in [1.54, 1.807) is 6.07 Å². The maximum atomic E-state index is 8.99. The molecule has 3 heterocycles. The van der Waals surface area contributed by atoms with Crippen LogP contribution < -0.4 is 4.74 Å². The highest BCUT2D eigenvalue weighted by Crippen LogP contribution is 2.37. The van der Waals surface area contributed by atoms with Crippen LogP contribution in [0.4, 0.5) is 0 Å². The Morgan fingerprint density at radius 3 is 3.00 bits per heavy atom. The van der Waals surface area contributed by atoms with Crippen molar-refractivity contribution in [3.05, 3.63) is 29.8 Å². The van der Waals surface area contributed by atoms with Crippen LogP contribution in [0, 0.1) is 23.2 Å². The average Bonchev–Trinajstić information content (AvgIpc) is 3.22. The third kappa shape index (κ3) is 3.42. The van der Waals surface area contributed by atoms with Crippen LogP contribution in [-0.2, 0) is 4.74 Å². The summed E-state index contributed by atoms with van der Waals surface area (Å²) in [5, 5.41) is 8.99. The van der Waals surface area contributed by atoms with E-state index in [4.69, 9.17) is 14.7 Å². The predicted molar refractivity (Wildman–Crippen MR) is 95.3 cm³/mol. The maximum absolute atomic E-state index is 8.99. The van der Waals surface area contributed by atoms with Gasteiger partial charge in [-0.2, -0.15) is 17.0 Å². The number of nitrogens with zero attached hydrogens (tertiary/aromatic N) is 2. The number of nitriles is 1.